The summed E-state index contributed by atoms with van der Waals surface area (Å²) in [6, 6.07) is 0.201. The van der Waals surface area contributed by atoms with E-state index in [1.165, 1.54) is 0 Å². The molecular formula is C32H51N3O18. The maximum absolute atomic E-state index is 10.2. The van der Waals surface area contributed by atoms with Crippen LogP contribution in [0.5, 0.6) is 0 Å². The lowest BCUT2D eigenvalue weighted by Crippen LogP contribution is -2.21. The van der Waals surface area contributed by atoms with Crippen molar-refractivity contribution in [3.05, 3.63) is 0 Å². The van der Waals surface area contributed by atoms with Crippen molar-refractivity contribution in [2.75, 3.05) is 59.3 Å². The average molecular weight is 766 g/mol. The molecule has 5 unspecified atom stereocenters. The molecule has 8 heterocycles. The number of ether oxygens (including phenoxy) is 10. The van der Waals surface area contributed by atoms with Crippen LogP contribution in [0, 0.1) is 5.92 Å². The Hall–Kier alpha value is -5.24. The van der Waals surface area contributed by atoms with Crippen LogP contribution in [-0.4, -0.2) is 132 Å². The van der Waals surface area contributed by atoms with E-state index >= 15 is 0 Å². The van der Waals surface area contributed by atoms with Crippen LogP contribution in [0.25, 0.3) is 0 Å². The highest BCUT2D eigenvalue weighted by Gasteiger charge is 2.20. The van der Waals surface area contributed by atoms with E-state index < -0.39 is 12.3 Å². The van der Waals surface area contributed by atoms with E-state index in [1.807, 2.05) is 27.7 Å². The van der Waals surface area contributed by atoms with Gasteiger partial charge < -0.3 is 63.3 Å². The van der Waals surface area contributed by atoms with E-state index in [4.69, 9.17) is 4.74 Å². The van der Waals surface area contributed by atoms with E-state index in [9.17, 15) is 38.4 Å². The maximum Gasteiger partial charge on any atom is 0.508 e. The lowest BCUT2D eigenvalue weighted by Gasteiger charge is -1.95. The number of cyclic esters (lactones) is 10. The Bertz CT molecular complexity index is 989. The van der Waals surface area contributed by atoms with Crippen molar-refractivity contribution in [3.63, 3.8) is 0 Å². The third-order valence-corrected chi connectivity index (χ3v) is 6.45. The summed E-state index contributed by atoms with van der Waals surface area (Å²) in [4.78, 5) is 80.4. The van der Waals surface area contributed by atoms with E-state index in [0.717, 1.165) is 12.8 Å². The number of hydrogen-bond donors (Lipinski definition) is 3. The molecule has 0 aliphatic carbocycles. The van der Waals surface area contributed by atoms with Gasteiger partial charge in [0.1, 0.15) is 45.2 Å². The lowest BCUT2D eigenvalue weighted by atomic mass is 10.2. The molecule has 53 heavy (non-hydrogen) atoms. The Kier molecular flexibility index (Phi) is 22.9. The largest absolute Gasteiger partial charge is 0.508 e. The van der Waals surface area contributed by atoms with E-state index in [1.54, 1.807) is 6.92 Å². The van der Waals surface area contributed by atoms with Gasteiger partial charge >= 0.3 is 48.5 Å². The molecule has 8 saturated heterocycles. The monoisotopic (exact) mass is 765 g/mol. The molecule has 0 aromatic rings. The third kappa shape index (κ3) is 25.4. The number of nitrogens with one attached hydrogen (secondary N) is 3. The fourth-order valence-electron chi connectivity index (χ4n) is 3.81. The number of carbonyl (C=O) groups is 8. The van der Waals surface area contributed by atoms with Gasteiger partial charge in [0.2, 0.25) is 0 Å². The van der Waals surface area contributed by atoms with E-state index in [0.29, 0.717) is 84.5 Å². The van der Waals surface area contributed by atoms with Crippen LogP contribution in [0.15, 0.2) is 0 Å². The Labute approximate surface area is 306 Å². The highest BCUT2D eigenvalue weighted by molar-refractivity contribution is 5.72. The average Bonchev–Trinajstić information content (AvgIpc) is 3.93. The Morgan fingerprint density at radius 3 is 1.38 bits per heavy atom. The summed E-state index contributed by atoms with van der Waals surface area (Å²) < 4.78 is 44.9. The minimum absolute atomic E-state index is 0.0463. The van der Waals surface area contributed by atoms with Gasteiger partial charge in [0, 0.05) is 18.8 Å². The molecule has 21 heteroatoms. The summed E-state index contributed by atoms with van der Waals surface area (Å²) >= 11 is 0. The van der Waals surface area contributed by atoms with Crippen LogP contribution >= 0.6 is 0 Å². The fourth-order valence-corrected chi connectivity index (χ4v) is 3.81. The number of carbonyl (C=O) groups excluding carboxylic acids is 8. The van der Waals surface area contributed by atoms with Crippen molar-refractivity contribution in [1.82, 2.24) is 16.0 Å². The number of esters is 3. The summed E-state index contributed by atoms with van der Waals surface area (Å²) in [5.41, 5.74) is 0. The molecule has 0 bridgehead atoms. The fraction of sp³-hybridized carbons (Fsp3) is 0.750. The summed E-state index contributed by atoms with van der Waals surface area (Å²) in [5, 5.41) is 7.52. The minimum atomic E-state index is -0.549. The first kappa shape index (κ1) is 45.8. The molecule has 0 saturated carbocycles. The zero-order chi connectivity index (χ0) is 39.6. The van der Waals surface area contributed by atoms with E-state index in [2.05, 4.69) is 58.6 Å². The second-order valence-electron chi connectivity index (χ2n) is 11.9. The number of hydrogen-bond acceptors (Lipinski definition) is 18. The van der Waals surface area contributed by atoms with Crippen LogP contribution in [0.1, 0.15) is 66.7 Å². The summed E-state index contributed by atoms with van der Waals surface area (Å²) in [6.07, 6.45) is 1.86. The summed E-state index contributed by atoms with van der Waals surface area (Å²) in [7, 11) is 0. The van der Waals surface area contributed by atoms with Crippen LogP contribution in [0.4, 0.5) is 24.0 Å². The van der Waals surface area contributed by atoms with Crippen LogP contribution < -0.4 is 16.0 Å². The Morgan fingerprint density at radius 2 is 1.23 bits per heavy atom. The second-order valence-corrected chi connectivity index (χ2v) is 11.9. The topological polar surface area (TPSA) is 265 Å². The maximum atomic E-state index is 10.2. The molecular weight excluding hydrogens is 714 g/mol. The quantitative estimate of drug-likeness (QED) is 0.236. The lowest BCUT2D eigenvalue weighted by molar-refractivity contribution is -0.141. The van der Waals surface area contributed by atoms with E-state index in [-0.39, 0.29) is 60.5 Å². The molecule has 8 fully saturated rings. The van der Waals surface area contributed by atoms with Gasteiger partial charge in [0.15, 0.2) is 0 Å². The van der Waals surface area contributed by atoms with Gasteiger partial charge in [-0.1, -0.05) is 6.92 Å². The highest BCUT2D eigenvalue weighted by atomic mass is 16.8. The van der Waals surface area contributed by atoms with Crippen molar-refractivity contribution in [1.29, 1.82) is 0 Å². The molecule has 0 aromatic carbocycles. The van der Waals surface area contributed by atoms with Crippen molar-refractivity contribution >= 4 is 48.5 Å². The molecule has 8 aliphatic heterocycles. The van der Waals surface area contributed by atoms with Crippen LogP contribution in [-0.2, 0) is 61.8 Å². The SMILES string of the molecule is CC1CCC(=O)O1.CC1CNC(=O)O1.CC1COC(=O)C1.CC1COC(=O)N1.CC1COC(=O)O1.O=C1CCCO1.O=C1NCCO1.O=C1OCCO1. The van der Waals surface area contributed by atoms with Gasteiger partial charge in [-0.25, -0.2) is 24.0 Å². The first-order valence-electron chi connectivity index (χ1n) is 17.0. The van der Waals surface area contributed by atoms with Gasteiger partial charge in [-0.05, 0) is 40.5 Å². The smallest absolute Gasteiger partial charge is 0.466 e. The molecule has 0 radical (unpaired) electrons. The Balaban J connectivity index is 0.000000303. The second kappa shape index (κ2) is 26.5. The predicted molar refractivity (Wildman–Crippen MR) is 176 cm³/mol. The Morgan fingerprint density at radius 1 is 0.509 bits per heavy atom. The van der Waals surface area contributed by atoms with Gasteiger partial charge in [-0.2, -0.15) is 0 Å². The standard InChI is InChI=1S/2C5H8O2.2C4H7NO2.C4H6O3.C4H6O2.C3H5NO2.C3H4O3/c1-4-2-5(6)7-3-4;1-4-2-3-5(6)7-4;1-3-2-7-4(6)5-3;1-3-2-5-4(6)7-3;1-3-2-6-4(5)7-3;5-4-2-1-3-6-4;5-3-4-1-2-6-3;4-3-5-1-2-6-3/h2*4H,2-3H2,1H3;2*3H,2H2,1H3,(H,5,6);3H,2H2,1H3;1-3H2;1-2H2,(H,4,5);1-2H2. The predicted octanol–water partition coefficient (Wildman–Crippen LogP) is 2.26. The third-order valence-electron chi connectivity index (χ3n) is 6.45. The molecule has 3 N–H and O–H groups in total. The first-order chi connectivity index (χ1) is 25.1. The number of amides is 3. The van der Waals surface area contributed by atoms with Gasteiger partial charge in [0.25, 0.3) is 0 Å². The normalized spacial score (nSPS) is 26.5. The molecule has 0 spiro atoms. The molecule has 8 rings (SSSR count). The molecule has 8 aliphatic rings. The van der Waals surface area contributed by atoms with Gasteiger partial charge in [-0.3, -0.25) is 14.4 Å². The summed E-state index contributed by atoms with van der Waals surface area (Å²) in [5.74, 6) is 0.308. The van der Waals surface area contributed by atoms with Gasteiger partial charge in [0.05, 0.1) is 44.9 Å². The molecule has 3 amide bonds. The van der Waals surface area contributed by atoms with Crippen molar-refractivity contribution in [2.45, 2.75) is 91.1 Å². The molecule has 302 valence electrons. The van der Waals surface area contributed by atoms with Crippen LogP contribution in [0.3, 0.4) is 0 Å². The minimum Gasteiger partial charge on any atom is -0.466 e. The molecule has 0 aromatic heterocycles. The van der Waals surface area contributed by atoms with Crippen molar-refractivity contribution in [3.8, 4) is 0 Å². The number of alkyl carbamates (subject to hydrolysis) is 3. The first-order valence-corrected chi connectivity index (χ1v) is 17.0. The highest BCUT2D eigenvalue weighted by Crippen LogP contribution is 2.12. The summed E-state index contributed by atoms with van der Waals surface area (Å²) in [6.45, 7) is 14.3. The molecule has 21 nitrogen and oxygen atoms in total. The zero-order valence-corrected chi connectivity index (χ0v) is 30.6. The number of rotatable bonds is 0. The van der Waals surface area contributed by atoms with Crippen molar-refractivity contribution in [2.24, 2.45) is 5.92 Å². The van der Waals surface area contributed by atoms with Gasteiger partial charge in [-0.15, -0.1) is 0 Å². The zero-order valence-electron chi connectivity index (χ0n) is 30.6. The molecule has 5 atom stereocenters. The van der Waals surface area contributed by atoms with Crippen molar-refractivity contribution < 1.29 is 85.7 Å². The van der Waals surface area contributed by atoms with Crippen LogP contribution in [0.2, 0.25) is 0 Å².